The average molecular weight is 367 g/mol. The molecule has 0 fully saturated rings. The Kier molecular flexibility index (Phi) is 5.03. The smallest absolute Gasteiger partial charge is 0.270 e. The van der Waals surface area contributed by atoms with E-state index in [2.05, 4.69) is 20.2 Å². The Bertz CT molecular complexity index is 999. The summed E-state index contributed by atoms with van der Waals surface area (Å²) in [7, 11) is 0. The van der Waals surface area contributed by atoms with Crippen molar-refractivity contribution in [2.45, 2.75) is 19.4 Å². The van der Waals surface area contributed by atoms with Crippen molar-refractivity contribution in [3.05, 3.63) is 82.3 Å². The molecule has 1 amide bonds. The molecule has 3 rings (SSSR count). The average Bonchev–Trinajstić information content (AvgIpc) is 2.68. The van der Waals surface area contributed by atoms with Crippen molar-refractivity contribution >= 4 is 5.91 Å². The quantitative estimate of drug-likeness (QED) is 0.724. The van der Waals surface area contributed by atoms with E-state index < -0.39 is 17.0 Å². The number of hydrogen-bond acceptors (Lipinski definition) is 4. The maximum Gasteiger partial charge on any atom is 0.270 e. The highest BCUT2D eigenvalue weighted by Crippen LogP contribution is 2.23. The fourth-order valence-corrected chi connectivity index (χ4v) is 2.65. The van der Waals surface area contributed by atoms with E-state index in [1.807, 2.05) is 18.2 Å². The molecular weight excluding hydrogens is 349 g/mol. The number of halogens is 1. The number of rotatable bonds is 5. The Labute approximate surface area is 154 Å². The first-order chi connectivity index (χ1) is 12.9. The van der Waals surface area contributed by atoms with Gasteiger partial charge < -0.3 is 10.3 Å². The molecule has 0 aliphatic carbocycles. The van der Waals surface area contributed by atoms with E-state index in [0.717, 1.165) is 11.6 Å². The molecule has 1 aromatic heterocycles. The molecule has 2 N–H and O–H groups in total. The number of nitrogens with zero attached hydrogens (tertiary/aromatic N) is 1. The molecule has 0 saturated heterocycles. The number of aromatic nitrogens is 2. The molecule has 0 aliphatic heterocycles. The van der Waals surface area contributed by atoms with Gasteiger partial charge in [-0.2, -0.15) is 0 Å². The predicted molar refractivity (Wildman–Crippen MR) is 99.0 cm³/mol. The molecule has 0 saturated carbocycles. The van der Waals surface area contributed by atoms with Crippen LogP contribution in [0.2, 0.25) is 0 Å². The molecular formula is C20H18FN3O3. The molecule has 1 heterocycles. The van der Waals surface area contributed by atoms with E-state index >= 15 is 0 Å². The Morgan fingerprint density at radius 3 is 2.41 bits per heavy atom. The highest BCUT2D eigenvalue weighted by molar-refractivity contribution is 5.93. The standard InChI is InChI=1S/C20H18FN3O3/c1-20(2,14-8-10-15(27-21)11-9-14)24-19(26)16-12-17(25)23-18(22-16)13-6-4-3-5-7-13/h3-12H,1-2H3,(H,24,26)(H,22,23,25). The lowest BCUT2D eigenvalue weighted by atomic mass is 9.94. The van der Waals surface area contributed by atoms with Crippen LogP contribution in [0.1, 0.15) is 29.9 Å². The summed E-state index contributed by atoms with van der Waals surface area (Å²) < 4.78 is 12.2. The van der Waals surface area contributed by atoms with Crippen LogP contribution in [0.3, 0.4) is 0 Å². The van der Waals surface area contributed by atoms with Crippen molar-refractivity contribution in [1.29, 1.82) is 0 Å². The number of benzene rings is 2. The van der Waals surface area contributed by atoms with Crippen LogP contribution in [-0.4, -0.2) is 15.9 Å². The largest absolute Gasteiger partial charge is 0.342 e. The van der Waals surface area contributed by atoms with Crippen LogP contribution in [0.4, 0.5) is 4.53 Å². The second kappa shape index (κ2) is 7.41. The zero-order chi connectivity index (χ0) is 19.4. The van der Waals surface area contributed by atoms with Gasteiger partial charge in [0.25, 0.3) is 11.5 Å². The number of hydrogen-bond donors (Lipinski definition) is 2. The van der Waals surface area contributed by atoms with Crippen LogP contribution < -0.4 is 15.8 Å². The minimum atomic E-state index is -0.775. The van der Waals surface area contributed by atoms with Crippen molar-refractivity contribution in [1.82, 2.24) is 15.3 Å². The maximum atomic E-state index is 12.7. The first-order valence-corrected chi connectivity index (χ1v) is 8.27. The number of aromatic amines is 1. The summed E-state index contributed by atoms with van der Waals surface area (Å²) in [4.78, 5) is 35.2. The first kappa shape index (κ1) is 18.3. The van der Waals surface area contributed by atoms with Crippen molar-refractivity contribution in [3.8, 4) is 17.1 Å². The molecule has 6 nitrogen and oxygen atoms in total. The number of H-pyrrole nitrogens is 1. The van der Waals surface area contributed by atoms with Crippen molar-refractivity contribution in [2.75, 3.05) is 0 Å². The molecule has 7 heteroatoms. The van der Waals surface area contributed by atoms with E-state index in [0.29, 0.717) is 11.4 Å². The Morgan fingerprint density at radius 2 is 1.78 bits per heavy atom. The topological polar surface area (TPSA) is 84.1 Å². The minimum absolute atomic E-state index is 0.00869. The lowest BCUT2D eigenvalue weighted by Gasteiger charge is -2.26. The zero-order valence-corrected chi connectivity index (χ0v) is 14.8. The van der Waals surface area contributed by atoms with E-state index in [-0.39, 0.29) is 11.4 Å². The van der Waals surface area contributed by atoms with Crippen molar-refractivity contribution in [3.63, 3.8) is 0 Å². The van der Waals surface area contributed by atoms with Gasteiger partial charge in [0.05, 0.1) is 5.54 Å². The third-order valence-electron chi connectivity index (χ3n) is 4.11. The van der Waals surface area contributed by atoms with Crippen LogP contribution in [-0.2, 0) is 5.54 Å². The van der Waals surface area contributed by atoms with Gasteiger partial charge in [-0.3, -0.25) is 14.5 Å². The van der Waals surface area contributed by atoms with Gasteiger partial charge in [0.15, 0.2) is 5.75 Å². The summed E-state index contributed by atoms with van der Waals surface area (Å²) in [5.41, 5.74) is 0.254. The second-order valence-electron chi connectivity index (χ2n) is 6.53. The molecule has 27 heavy (non-hydrogen) atoms. The summed E-state index contributed by atoms with van der Waals surface area (Å²) in [5.74, 6) is -0.103. The van der Waals surface area contributed by atoms with Crippen molar-refractivity contribution < 1.29 is 14.3 Å². The van der Waals surface area contributed by atoms with Gasteiger partial charge in [0.2, 0.25) is 0 Å². The van der Waals surface area contributed by atoms with Gasteiger partial charge in [-0.05, 0) is 31.5 Å². The minimum Gasteiger partial charge on any atom is -0.342 e. The van der Waals surface area contributed by atoms with E-state index in [4.69, 9.17) is 0 Å². The van der Waals surface area contributed by atoms with E-state index in [9.17, 15) is 14.1 Å². The molecule has 0 atom stereocenters. The summed E-state index contributed by atoms with van der Waals surface area (Å²) in [6.45, 7) is 3.59. The van der Waals surface area contributed by atoms with Gasteiger partial charge in [-0.25, -0.2) is 4.98 Å². The van der Waals surface area contributed by atoms with Crippen LogP contribution in [0, 0.1) is 0 Å². The van der Waals surface area contributed by atoms with Crippen molar-refractivity contribution in [2.24, 2.45) is 0 Å². The third-order valence-corrected chi connectivity index (χ3v) is 4.11. The lowest BCUT2D eigenvalue weighted by molar-refractivity contribution is -0.00624. The molecule has 2 aromatic carbocycles. The SMILES string of the molecule is CC(C)(NC(=O)c1cc(=O)[nH]c(-c2ccccc2)n1)c1ccc(OF)cc1. The molecule has 0 radical (unpaired) electrons. The van der Waals surface area contributed by atoms with Gasteiger partial charge in [0, 0.05) is 16.2 Å². The fraction of sp³-hybridized carbons (Fsp3) is 0.150. The maximum absolute atomic E-state index is 12.7. The normalized spacial score (nSPS) is 11.1. The van der Waals surface area contributed by atoms with E-state index in [1.165, 1.54) is 12.1 Å². The Morgan fingerprint density at radius 1 is 1.11 bits per heavy atom. The molecule has 0 unspecified atom stereocenters. The van der Waals surface area contributed by atoms with Crippen LogP contribution in [0.5, 0.6) is 5.75 Å². The lowest BCUT2D eigenvalue weighted by Crippen LogP contribution is -2.41. The van der Waals surface area contributed by atoms with Gasteiger partial charge in [0.1, 0.15) is 11.5 Å². The Hall–Kier alpha value is -3.48. The molecule has 0 aliphatic rings. The number of amides is 1. The molecule has 138 valence electrons. The fourth-order valence-electron chi connectivity index (χ4n) is 2.65. The highest BCUT2D eigenvalue weighted by Gasteiger charge is 2.24. The number of nitrogens with one attached hydrogen (secondary N) is 2. The number of carbonyl (C=O) groups excluding carboxylic acids is 1. The molecule has 0 spiro atoms. The van der Waals surface area contributed by atoms with Gasteiger partial charge in [-0.1, -0.05) is 42.5 Å². The summed E-state index contributed by atoms with van der Waals surface area (Å²) in [6, 6.07) is 16.4. The first-order valence-electron chi connectivity index (χ1n) is 8.27. The third kappa shape index (κ3) is 4.20. The molecule has 3 aromatic rings. The highest BCUT2D eigenvalue weighted by atomic mass is 19.3. The predicted octanol–water partition coefficient (Wildman–Crippen LogP) is 3.37. The molecule has 0 bridgehead atoms. The van der Waals surface area contributed by atoms with Crippen LogP contribution in [0.15, 0.2) is 65.5 Å². The zero-order valence-electron chi connectivity index (χ0n) is 14.8. The summed E-state index contributed by atoms with van der Waals surface area (Å²) >= 11 is 0. The summed E-state index contributed by atoms with van der Waals surface area (Å²) in [5, 5.41) is 2.84. The second-order valence-corrected chi connectivity index (χ2v) is 6.53. The number of carbonyl (C=O) groups is 1. The van der Waals surface area contributed by atoms with E-state index in [1.54, 1.807) is 38.1 Å². The van der Waals surface area contributed by atoms with Gasteiger partial charge in [-0.15, -0.1) is 0 Å². The van der Waals surface area contributed by atoms with Gasteiger partial charge >= 0.3 is 0 Å². The Balaban J connectivity index is 1.87. The summed E-state index contributed by atoms with van der Waals surface area (Å²) in [6.07, 6.45) is 0. The monoisotopic (exact) mass is 367 g/mol. The van der Waals surface area contributed by atoms with Crippen LogP contribution >= 0.6 is 0 Å². The van der Waals surface area contributed by atoms with Crippen LogP contribution in [0.25, 0.3) is 11.4 Å².